The Labute approximate surface area is 154 Å². The highest BCUT2D eigenvalue weighted by molar-refractivity contribution is 6.38. The van der Waals surface area contributed by atoms with Crippen LogP contribution in [-0.4, -0.2) is 18.4 Å². The van der Waals surface area contributed by atoms with Crippen molar-refractivity contribution in [2.24, 2.45) is 0 Å². The van der Waals surface area contributed by atoms with Gasteiger partial charge in [0.05, 0.1) is 23.4 Å². The first-order valence-electron chi connectivity index (χ1n) is 7.20. The largest absolute Gasteiger partial charge is 0.496 e. The van der Waals surface area contributed by atoms with Crippen LogP contribution in [0.4, 0.5) is 4.39 Å². The SMILES string of the molecule is COc1cc(-c2nccc(-c3cc[c]cc3Cl)c2Cl)cc(F)c1C=O. The van der Waals surface area contributed by atoms with E-state index in [1.54, 1.807) is 30.5 Å². The first-order valence-corrected chi connectivity index (χ1v) is 7.96. The normalized spacial score (nSPS) is 10.6. The van der Waals surface area contributed by atoms with Crippen molar-refractivity contribution in [3.63, 3.8) is 0 Å². The van der Waals surface area contributed by atoms with Crippen LogP contribution in [0, 0.1) is 11.9 Å². The molecule has 1 radical (unpaired) electrons. The molecule has 0 saturated carbocycles. The Morgan fingerprint density at radius 3 is 2.72 bits per heavy atom. The Bertz CT molecular complexity index is 960. The monoisotopic (exact) mass is 374 g/mol. The quantitative estimate of drug-likeness (QED) is 0.567. The van der Waals surface area contributed by atoms with E-state index >= 15 is 0 Å². The van der Waals surface area contributed by atoms with Gasteiger partial charge in [0, 0.05) is 27.9 Å². The van der Waals surface area contributed by atoms with Crippen molar-refractivity contribution >= 4 is 29.5 Å². The summed E-state index contributed by atoms with van der Waals surface area (Å²) in [4.78, 5) is 15.3. The van der Waals surface area contributed by atoms with Crippen LogP contribution in [-0.2, 0) is 0 Å². The van der Waals surface area contributed by atoms with Crippen LogP contribution in [0.3, 0.4) is 0 Å². The zero-order valence-corrected chi connectivity index (χ0v) is 14.5. The summed E-state index contributed by atoms with van der Waals surface area (Å²) in [5.74, 6) is -0.597. The Morgan fingerprint density at radius 2 is 2.04 bits per heavy atom. The number of methoxy groups -OCH3 is 1. The van der Waals surface area contributed by atoms with Crippen LogP contribution in [0.1, 0.15) is 10.4 Å². The van der Waals surface area contributed by atoms with Gasteiger partial charge in [-0.05, 0) is 30.3 Å². The van der Waals surface area contributed by atoms with Gasteiger partial charge >= 0.3 is 0 Å². The molecular formula is C19H11Cl2FNO2. The molecular weight excluding hydrogens is 364 g/mol. The van der Waals surface area contributed by atoms with Crippen molar-refractivity contribution < 1.29 is 13.9 Å². The molecule has 125 valence electrons. The van der Waals surface area contributed by atoms with Crippen molar-refractivity contribution in [2.75, 3.05) is 7.11 Å². The average molecular weight is 375 g/mol. The summed E-state index contributed by atoms with van der Waals surface area (Å²) < 4.78 is 19.3. The van der Waals surface area contributed by atoms with Gasteiger partial charge in [0.1, 0.15) is 11.6 Å². The topological polar surface area (TPSA) is 39.2 Å². The van der Waals surface area contributed by atoms with E-state index in [0.29, 0.717) is 38.7 Å². The summed E-state index contributed by atoms with van der Waals surface area (Å²) in [7, 11) is 1.36. The highest BCUT2D eigenvalue weighted by Gasteiger charge is 2.17. The maximum atomic E-state index is 14.2. The number of pyridine rings is 1. The van der Waals surface area contributed by atoms with Crippen LogP contribution in [0.15, 0.2) is 42.6 Å². The second-order valence-electron chi connectivity index (χ2n) is 5.12. The smallest absolute Gasteiger partial charge is 0.156 e. The lowest BCUT2D eigenvalue weighted by Crippen LogP contribution is -1.97. The molecule has 0 bridgehead atoms. The zero-order valence-electron chi connectivity index (χ0n) is 13.0. The molecule has 0 amide bonds. The van der Waals surface area contributed by atoms with Gasteiger partial charge in [-0.25, -0.2) is 4.39 Å². The summed E-state index contributed by atoms with van der Waals surface area (Å²) in [5, 5.41) is 0.803. The van der Waals surface area contributed by atoms with Gasteiger partial charge in [0.25, 0.3) is 0 Å². The predicted molar refractivity (Wildman–Crippen MR) is 95.9 cm³/mol. The van der Waals surface area contributed by atoms with Gasteiger partial charge in [-0.3, -0.25) is 9.78 Å². The van der Waals surface area contributed by atoms with Crippen LogP contribution in [0.25, 0.3) is 22.4 Å². The highest BCUT2D eigenvalue weighted by atomic mass is 35.5. The first-order chi connectivity index (χ1) is 12.1. The molecule has 0 aliphatic carbocycles. The Morgan fingerprint density at radius 1 is 1.24 bits per heavy atom. The number of halogens is 3. The molecule has 3 nitrogen and oxygen atoms in total. The molecule has 1 heterocycles. The van der Waals surface area contributed by atoms with Gasteiger partial charge in [-0.15, -0.1) is 0 Å². The lowest BCUT2D eigenvalue weighted by molar-refractivity contribution is 0.111. The fraction of sp³-hybridized carbons (Fsp3) is 0.0526. The second kappa shape index (κ2) is 7.21. The fourth-order valence-electron chi connectivity index (χ4n) is 2.49. The van der Waals surface area contributed by atoms with Crippen molar-refractivity contribution in [3.05, 3.63) is 70.1 Å². The summed E-state index contributed by atoms with van der Waals surface area (Å²) >= 11 is 12.7. The lowest BCUT2D eigenvalue weighted by Gasteiger charge is -2.12. The molecule has 6 heteroatoms. The minimum absolute atomic E-state index is 0.112. The van der Waals surface area contributed by atoms with E-state index in [1.807, 2.05) is 0 Å². The molecule has 0 spiro atoms. The number of ether oxygens (including phenoxy) is 1. The fourth-order valence-corrected chi connectivity index (χ4v) is 3.04. The van der Waals surface area contributed by atoms with E-state index in [-0.39, 0.29) is 11.3 Å². The Balaban J connectivity index is 2.20. The number of carbonyl (C=O) groups is 1. The zero-order chi connectivity index (χ0) is 18.0. The van der Waals surface area contributed by atoms with Crippen LogP contribution in [0.5, 0.6) is 5.75 Å². The van der Waals surface area contributed by atoms with Crippen LogP contribution >= 0.6 is 23.2 Å². The van der Waals surface area contributed by atoms with E-state index in [9.17, 15) is 9.18 Å². The minimum Gasteiger partial charge on any atom is -0.496 e. The molecule has 0 aliphatic rings. The maximum absolute atomic E-state index is 14.2. The van der Waals surface area contributed by atoms with Gasteiger partial charge < -0.3 is 4.74 Å². The Kier molecular flexibility index (Phi) is 5.02. The summed E-state index contributed by atoms with van der Waals surface area (Å²) in [6.07, 6.45) is 1.96. The molecule has 25 heavy (non-hydrogen) atoms. The summed E-state index contributed by atoms with van der Waals surface area (Å²) in [5.41, 5.74) is 1.97. The number of aromatic nitrogens is 1. The molecule has 0 fully saturated rings. The molecule has 0 unspecified atom stereocenters. The standard InChI is InChI=1S/C19H11Cl2FNO2/c1-25-17-9-11(8-16(22)14(17)10-24)19-18(21)13(6-7-23-19)12-4-2-3-5-15(12)20/h2,4-10H,1H3. The Hall–Kier alpha value is -2.43. The number of hydrogen-bond donors (Lipinski definition) is 0. The minimum atomic E-state index is -0.708. The molecule has 2 aromatic carbocycles. The van der Waals surface area contributed by atoms with Crippen molar-refractivity contribution in [1.82, 2.24) is 4.98 Å². The number of hydrogen-bond acceptors (Lipinski definition) is 3. The number of carbonyl (C=O) groups excluding carboxylic acids is 1. The average Bonchev–Trinajstić information content (AvgIpc) is 2.62. The molecule has 0 saturated heterocycles. The third-order valence-electron chi connectivity index (χ3n) is 3.70. The van der Waals surface area contributed by atoms with Crippen LogP contribution in [0.2, 0.25) is 10.0 Å². The lowest BCUT2D eigenvalue weighted by atomic mass is 10.0. The number of rotatable bonds is 4. The summed E-state index contributed by atoms with van der Waals surface area (Å²) in [6, 6.07) is 12.5. The van der Waals surface area contributed by atoms with Gasteiger partial charge in [-0.2, -0.15) is 0 Å². The molecule has 3 aromatic rings. The van der Waals surface area contributed by atoms with Crippen molar-refractivity contribution in [2.45, 2.75) is 0 Å². The van der Waals surface area contributed by atoms with E-state index in [2.05, 4.69) is 11.1 Å². The summed E-state index contributed by atoms with van der Waals surface area (Å²) in [6.45, 7) is 0. The number of benzene rings is 2. The third kappa shape index (κ3) is 3.23. The van der Waals surface area contributed by atoms with Crippen molar-refractivity contribution in [3.8, 4) is 28.1 Å². The van der Waals surface area contributed by atoms with E-state index in [0.717, 1.165) is 0 Å². The van der Waals surface area contributed by atoms with E-state index in [4.69, 9.17) is 27.9 Å². The number of nitrogens with zero attached hydrogens (tertiary/aromatic N) is 1. The van der Waals surface area contributed by atoms with Crippen LogP contribution < -0.4 is 4.74 Å². The van der Waals surface area contributed by atoms with Crippen molar-refractivity contribution in [1.29, 1.82) is 0 Å². The molecule has 1 aromatic heterocycles. The highest BCUT2D eigenvalue weighted by Crippen LogP contribution is 2.39. The van der Waals surface area contributed by atoms with Gasteiger partial charge in [0.2, 0.25) is 0 Å². The number of aldehydes is 1. The predicted octanol–water partition coefficient (Wildman–Crippen LogP) is 5.48. The third-order valence-corrected chi connectivity index (χ3v) is 4.39. The molecule has 0 aliphatic heterocycles. The van der Waals surface area contributed by atoms with E-state index in [1.165, 1.54) is 19.2 Å². The second-order valence-corrected chi connectivity index (χ2v) is 5.90. The molecule has 0 atom stereocenters. The van der Waals surface area contributed by atoms with Gasteiger partial charge in [-0.1, -0.05) is 35.3 Å². The molecule has 3 rings (SSSR count). The molecule has 0 N–H and O–H groups in total. The maximum Gasteiger partial charge on any atom is 0.156 e. The first kappa shape index (κ1) is 17.4. The van der Waals surface area contributed by atoms with E-state index < -0.39 is 5.82 Å². The van der Waals surface area contributed by atoms with Gasteiger partial charge in [0.15, 0.2) is 6.29 Å².